The number of nitriles is 1. The Hall–Kier alpha value is -2.55. The van der Waals surface area contributed by atoms with Gasteiger partial charge in [0.05, 0.1) is 17.6 Å². The van der Waals surface area contributed by atoms with E-state index in [1.807, 2.05) is 6.07 Å². The average molecular weight is 288 g/mol. The van der Waals surface area contributed by atoms with E-state index in [-0.39, 0.29) is 19.1 Å². The molecule has 0 aromatic heterocycles. The number of aliphatic carboxylic acids is 1. The molecule has 0 radical (unpaired) electrons. The van der Waals surface area contributed by atoms with Crippen molar-refractivity contribution in [2.75, 3.05) is 19.7 Å². The Labute approximate surface area is 122 Å². The molecule has 6 nitrogen and oxygen atoms in total. The molecule has 6 heteroatoms. The molecule has 1 atom stereocenters. The predicted octanol–water partition coefficient (Wildman–Crippen LogP) is 1.26. The van der Waals surface area contributed by atoms with Crippen LogP contribution in [0.3, 0.4) is 0 Å². The number of amides is 1. The molecule has 1 N–H and O–H groups in total. The average Bonchev–Trinajstić information content (AvgIpc) is 2.53. The van der Waals surface area contributed by atoms with E-state index in [9.17, 15) is 9.59 Å². The van der Waals surface area contributed by atoms with Gasteiger partial charge in [0, 0.05) is 13.1 Å². The van der Waals surface area contributed by atoms with Gasteiger partial charge in [0.15, 0.2) is 6.61 Å². The van der Waals surface area contributed by atoms with Crippen LogP contribution in [-0.4, -0.2) is 41.6 Å². The highest BCUT2D eigenvalue weighted by Crippen LogP contribution is 2.17. The lowest BCUT2D eigenvalue weighted by Crippen LogP contribution is -2.44. The van der Waals surface area contributed by atoms with E-state index in [0.29, 0.717) is 30.7 Å². The van der Waals surface area contributed by atoms with E-state index in [0.717, 1.165) is 0 Å². The molecule has 0 spiro atoms. The summed E-state index contributed by atoms with van der Waals surface area (Å²) in [6.07, 6.45) is 1.30. The fraction of sp³-hybridized carbons (Fsp3) is 0.400. The van der Waals surface area contributed by atoms with Crippen molar-refractivity contribution < 1.29 is 19.4 Å². The highest BCUT2D eigenvalue weighted by Gasteiger charge is 2.28. The number of benzene rings is 1. The number of carboxylic acids is 1. The molecule has 1 heterocycles. The molecule has 1 aliphatic rings. The molecule has 1 aromatic carbocycles. The SMILES string of the molecule is N#Cc1ccc(OCC(=O)N2CCC[C@H](C(=O)O)C2)cc1. The van der Waals surface area contributed by atoms with E-state index in [2.05, 4.69) is 0 Å². The van der Waals surface area contributed by atoms with Gasteiger partial charge in [0.1, 0.15) is 5.75 Å². The number of hydrogen-bond acceptors (Lipinski definition) is 4. The number of ether oxygens (including phenoxy) is 1. The molecule has 0 saturated carbocycles. The van der Waals surface area contributed by atoms with Crippen LogP contribution in [0.25, 0.3) is 0 Å². The topological polar surface area (TPSA) is 90.6 Å². The molecular formula is C15H16N2O4. The zero-order valence-electron chi connectivity index (χ0n) is 11.5. The predicted molar refractivity (Wildman–Crippen MR) is 73.6 cm³/mol. The fourth-order valence-electron chi connectivity index (χ4n) is 2.27. The van der Waals surface area contributed by atoms with Gasteiger partial charge in [-0.3, -0.25) is 9.59 Å². The quantitative estimate of drug-likeness (QED) is 0.900. The van der Waals surface area contributed by atoms with E-state index < -0.39 is 11.9 Å². The second-order valence-electron chi connectivity index (χ2n) is 4.94. The van der Waals surface area contributed by atoms with Gasteiger partial charge in [-0.05, 0) is 37.1 Å². The Morgan fingerprint density at radius 2 is 2.10 bits per heavy atom. The molecule has 2 rings (SSSR count). The van der Waals surface area contributed by atoms with Crippen molar-refractivity contribution in [1.29, 1.82) is 5.26 Å². The summed E-state index contributed by atoms with van der Waals surface area (Å²) >= 11 is 0. The number of hydrogen-bond donors (Lipinski definition) is 1. The van der Waals surface area contributed by atoms with Gasteiger partial charge in [0.2, 0.25) is 0 Å². The molecule has 1 aliphatic heterocycles. The van der Waals surface area contributed by atoms with Gasteiger partial charge in [-0.25, -0.2) is 0 Å². The largest absolute Gasteiger partial charge is 0.484 e. The summed E-state index contributed by atoms with van der Waals surface area (Å²) in [6.45, 7) is 0.683. The summed E-state index contributed by atoms with van der Waals surface area (Å²) in [5.74, 6) is -1.06. The van der Waals surface area contributed by atoms with Crippen molar-refractivity contribution >= 4 is 11.9 Å². The Balaban J connectivity index is 1.86. The van der Waals surface area contributed by atoms with Crippen molar-refractivity contribution in [2.24, 2.45) is 5.92 Å². The number of rotatable bonds is 4. The number of likely N-dealkylation sites (tertiary alicyclic amines) is 1. The smallest absolute Gasteiger partial charge is 0.308 e. The first-order valence-electron chi connectivity index (χ1n) is 6.73. The van der Waals surface area contributed by atoms with Crippen molar-refractivity contribution in [3.8, 4) is 11.8 Å². The Kier molecular flexibility index (Phi) is 4.77. The molecule has 0 bridgehead atoms. The summed E-state index contributed by atoms with van der Waals surface area (Å²) in [4.78, 5) is 24.5. The zero-order valence-corrected chi connectivity index (χ0v) is 11.5. The molecule has 1 saturated heterocycles. The third-order valence-electron chi connectivity index (χ3n) is 3.47. The summed E-state index contributed by atoms with van der Waals surface area (Å²) in [5.41, 5.74) is 0.522. The molecule has 1 amide bonds. The van der Waals surface area contributed by atoms with E-state index in [1.165, 1.54) is 4.90 Å². The number of nitrogens with zero attached hydrogens (tertiary/aromatic N) is 2. The first kappa shape index (κ1) is 14.9. The van der Waals surface area contributed by atoms with Crippen molar-refractivity contribution in [3.63, 3.8) is 0 Å². The Morgan fingerprint density at radius 1 is 1.38 bits per heavy atom. The van der Waals surface area contributed by atoms with Crippen LogP contribution in [0.1, 0.15) is 18.4 Å². The molecule has 0 aliphatic carbocycles. The van der Waals surface area contributed by atoms with Crippen LogP contribution >= 0.6 is 0 Å². The summed E-state index contributed by atoms with van der Waals surface area (Å²) in [5, 5.41) is 17.7. The van der Waals surface area contributed by atoms with Gasteiger partial charge in [-0.15, -0.1) is 0 Å². The lowest BCUT2D eigenvalue weighted by atomic mass is 9.98. The van der Waals surface area contributed by atoms with Gasteiger partial charge in [0.25, 0.3) is 5.91 Å². The number of carboxylic acid groups (broad SMARTS) is 1. The monoisotopic (exact) mass is 288 g/mol. The van der Waals surface area contributed by atoms with Crippen molar-refractivity contribution in [2.45, 2.75) is 12.8 Å². The second-order valence-corrected chi connectivity index (χ2v) is 4.94. The van der Waals surface area contributed by atoms with Crippen molar-refractivity contribution in [3.05, 3.63) is 29.8 Å². The highest BCUT2D eigenvalue weighted by molar-refractivity contribution is 5.79. The van der Waals surface area contributed by atoms with Gasteiger partial charge < -0.3 is 14.7 Å². The van der Waals surface area contributed by atoms with E-state index in [4.69, 9.17) is 15.1 Å². The standard InChI is InChI=1S/C15H16N2O4/c16-8-11-3-5-13(6-4-11)21-10-14(18)17-7-1-2-12(9-17)15(19)20/h3-6,12H,1-2,7,9-10H2,(H,19,20)/t12-/m0/s1. The van der Waals surface area contributed by atoms with Crippen LogP contribution in [0.5, 0.6) is 5.75 Å². The first-order valence-corrected chi connectivity index (χ1v) is 6.73. The fourth-order valence-corrected chi connectivity index (χ4v) is 2.27. The Bertz CT molecular complexity index is 562. The van der Waals surface area contributed by atoms with Crippen LogP contribution in [0.2, 0.25) is 0 Å². The molecular weight excluding hydrogens is 272 g/mol. The Morgan fingerprint density at radius 3 is 2.71 bits per heavy atom. The molecule has 110 valence electrons. The summed E-state index contributed by atoms with van der Waals surface area (Å²) in [7, 11) is 0. The maximum Gasteiger partial charge on any atom is 0.308 e. The number of piperidine rings is 1. The normalized spacial score (nSPS) is 17.9. The second kappa shape index (κ2) is 6.75. The van der Waals surface area contributed by atoms with Crippen LogP contribution in [0.15, 0.2) is 24.3 Å². The molecule has 0 unspecified atom stereocenters. The maximum absolute atomic E-state index is 12.0. The molecule has 1 aromatic rings. The lowest BCUT2D eigenvalue weighted by Gasteiger charge is -2.30. The molecule has 21 heavy (non-hydrogen) atoms. The summed E-state index contributed by atoms with van der Waals surface area (Å²) in [6, 6.07) is 8.48. The number of carbonyl (C=O) groups excluding carboxylic acids is 1. The maximum atomic E-state index is 12.0. The third-order valence-corrected chi connectivity index (χ3v) is 3.47. The lowest BCUT2D eigenvalue weighted by molar-refractivity contribution is -0.146. The number of carbonyl (C=O) groups is 2. The first-order chi connectivity index (χ1) is 10.1. The zero-order chi connectivity index (χ0) is 15.2. The third kappa shape index (κ3) is 3.96. The van der Waals surface area contributed by atoms with Crippen LogP contribution in [0, 0.1) is 17.2 Å². The van der Waals surface area contributed by atoms with Crippen LogP contribution in [-0.2, 0) is 9.59 Å². The van der Waals surface area contributed by atoms with Crippen LogP contribution in [0.4, 0.5) is 0 Å². The van der Waals surface area contributed by atoms with Gasteiger partial charge >= 0.3 is 5.97 Å². The van der Waals surface area contributed by atoms with E-state index in [1.54, 1.807) is 24.3 Å². The van der Waals surface area contributed by atoms with E-state index >= 15 is 0 Å². The minimum Gasteiger partial charge on any atom is -0.484 e. The molecule has 1 fully saturated rings. The minimum atomic E-state index is -0.861. The highest BCUT2D eigenvalue weighted by atomic mass is 16.5. The van der Waals surface area contributed by atoms with Crippen LogP contribution < -0.4 is 4.74 Å². The summed E-state index contributed by atoms with van der Waals surface area (Å²) < 4.78 is 5.37. The van der Waals surface area contributed by atoms with Gasteiger partial charge in [-0.1, -0.05) is 0 Å². The minimum absolute atomic E-state index is 0.127. The van der Waals surface area contributed by atoms with Gasteiger partial charge in [-0.2, -0.15) is 5.26 Å². The van der Waals surface area contributed by atoms with Crippen molar-refractivity contribution in [1.82, 2.24) is 4.90 Å².